The molecule has 5 aromatic rings. The zero-order chi connectivity index (χ0) is 25.7. The highest BCUT2D eigenvalue weighted by molar-refractivity contribution is 7.60. The normalized spacial score (nSPS) is 12.2. The fourth-order valence-corrected chi connectivity index (χ4v) is 4.79. The highest BCUT2D eigenvalue weighted by Gasteiger charge is 2.23. The van der Waals surface area contributed by atoms with Crippen molar-refractivity contribution < 1.29 is 23.9 Å². The first-order valence-corrected chi connectivity index (χ1v) is 13.0. The molecule has 0 aliphatic rings. The molecule has 0 radical (unpaired) electrons. The molecule has 0 saturated heterocycles. The number of ether oxygens (including phenoxy) is 1. The Morgan fingerprint density at radius 3 is 2.39 bits per heavy atom. The Balaban J connectivity index is 1.79. The van der Waals surface area contributed by atoms with E-state index in [4.69, 9.17) is 4.74 Å². The third-order valence-corrected chi connectivity index (χ3v) is 6.64. The summed E-state index contributed by atoms with van der Waals surface area (Å²) >= 11 is 0. The average Bonchev–Trinajstić information content (AvgIpc) is 3.31. The second-order valence-corrected chi connectivity index (χ2v) is 11.1. The highest BCUT2D eigenvalue weighted by atomic mass is 31.2. The van der Waals surface area contributed by atoms with E-state index in [0.29, 0.717) is 22.2 Å². The van der Waals surface area contributed by atoms with E-state index < -0.39 is 19.3 Å². The Kier molecular flexibility index (Phi) is 5.80. The topological polar surface area (TPSA) is 102 Å². The average molecular weight is 500 g/mol. The number of fused-ring (bicyclic) bond motifs is 2. The number of hydrogen-bond acceptors (Lipinski definition) is 4. The van der Waals surface area contributed by atoms with E-state index in [1.807, 2.05) is 81.4 Å². The van der Waals surface area contributed by atoms with Crippen molar-refractivity contribution in [3.63, 3.8) is 0 Å². The molecule has 0 aliphatic carbocycles. The fourth-order valence-electron chi connectivity index (χ4n) is 4.29. The van der Waals surface area contributed by atoms with Crippen LogP contribution in [-0.2, 0) is 9.30 Å². The first-order valence-electron chi connectivity index (χ1n) is 11.4. The lowest BCUT2D eigenvalue weighted by atomic mass is 9.94. The van der Waals surface area contributed by atoms with Gasteiger partial charge in [0.05, 0.1) is 11.2 Å². The number of carbonyl (C=O) groups excluding carboxylic acids is 1. The minimum Gasteiger partial charge on any atom is -0.443 e. The number of aromatic nitrogens is 2. The lowest BCUT2D eigenvalue weighted by molar-refractivity contribution is 0.0540. The molecule has 7 nitrogen and oxygen atoms in total. The molecule has 0 fully saturated rings. The van der Waals surface area contributed by atoms with Crippen molar-refractivity contribution in [1.29, 1.82) is 0 Å². The number of benzene rings is 3. The second-order valence-electron chi connectivity index (χ2n) is 9.58. The van der Waals surface area contributed by atoms with Crippen LogP contribution in [-0.4, -0.2) is 31.0 Å². The molecule has 0 saturated carbocycles. The van der Waals surface area contributed by atoms with Crippen molar-refractivity contribution in [2.24, 2.45) is 0 Å². The Hall–Kier alpha value is -3.77. The van der Waals surface area contributed by atoms with Gasteiger partial charge in [-0.2, -0.15) is 0 Å². The van der Waals surface area contributed by atoms with Crippen LogP contribution in [0.1, 0.15) is 20.8 Å². The maximum atomic E-state index is 12.9. The minimum absolute atomic E-state index is 0.290. The van der Waals surface area contributed by atoms with Gasteiger partial charge in [0, 0.05) is 22.7 Å². The zero-order valence-corrected chi connectivity index (χ0v) is 20.9. The van der Waals surface area contributed by atoms with Crippen molar-refractivity contribution in [2.75, 3.05) is 0 Å². The summed E-state index contributed by atoms with van der Waals surface area (Å²) in [5.74, 6) is 0. The van der Waals surface area contributed by atoms with Crippen LogP contribution in [0.25, 0.3) is 44.1 Å². The summed E-state index contributed by atoms with van der Waals surface area (Å²) in [6, 6.07) is 24.2. The van der Waals surface area contributed by atoms with Gasteiger partial charge in [-0.15, -0.1) is 0 Å². The molecule has 8 heteroatoms. The van der Waals surface area contributed by atoms with Gasteiger partial charge >= 0.3 is 13.7 Å². The Bertz CT molecular complexity index is 1670. The predicted octanol–water partition coefficient (Wildman–Crippen LogP) is 6.11. The number of nitrogens with zero attached hydrogens (tertiary/aromatic N) is 2. The summed E-state index contributed by atoms with van der Waals surface area (Å²) in [5, 5.41) is 2.69. The molecule has 2 heterocycles. The van der Waals surface area contributed by atoms with Crippen LogP contribution in [0.3, 0.4) is 0 Å². The van der Waals surface area contributed by atoms with Gasteiger partial charge < -0.3 is 14.5 Å². The molecule has 2 N–H and O–H groups in total. The monoisotopic (exact) mass is 500 g/mol. The molecule has 3 aromatic carbocycles. The smallest absolute Gasteiger partial charge is 0.418 e. The van der Waals surface area contributed by atoms with E-state index in [1.165, 1.54) is 10.6 Å². The lowest BCUT2D eigenvalue weighted by Crippen LogP contribution is -2.27. The number of carbonyl (C=O) groups is 1. The van der Waals surface area contributed by atoms with Gasteiger partial charge in [-0.05, 0) is 67.4 Å². The van der Waals surface area contributed by atoms with E-state index in [2.05, 4.69) is 4.98 Å². The van der Waals surface area contributed by atoms with Crippen LogP contribution in [0.15, 0.2) is 85.1 Å². The molecule has 0 unspecified atom stereocenters. The molecule has 0 aliphatic heterocycles. The summed E-state index contributed by atoms with van der Waals surface area (Å²) < 4.78 is 19.0. The van der Waals surface area contributed by atoms with Crippen LogP contribution in [0.2, 0.25) is 0 Å². The number of rotatable bonds is 3. The van der Waals surface area contributed by atoms with Crippen molar-refractivity contribution >= 4 is 40.8 Å². The van der Waals surface area contributed by atoms with Crippen LogP contribution >= 0.6 is 7.60 Å². The van der Waals surface area contributed by atoms with Gasteiger partial charge in [0.15, 0.2) is 5.44 Å². The second kappa shape index (κ2) is 8.71. The van der Waals surface area contributed by atoms with E-state index in [0.717, 1.165) is 21.9 Å². The van der Waals surface area contributed by atoms with Gasteiger partial charge in [-0.25, -0.2) is 9.78 Å². The third-order valence-electron chi connectivity index (χ3n) is 5.79. The third kappa shape index (κ3) is 4.56. The van der Waals surface area contributed by atoms with Crippen LogP contribution in [0.4, 0.5) is 4.79 Å². The van der Waals surface area contributed by atoms with Crippen molar-refractivity contribution in [2.45, 2.75) is 26.4 Å². The fraction of sp³-hybridized carbons (Fsp3) is 0.143. The van der Waals surface area contributed by atoms with Crippen molar-refractivity contribution in [3.8, 4) is 22.4 Å². The first kappa shape index (κ1) is 23.9. The number of pyridine rings is 1. The van der Waals surface area contributed by atoms with Crippen LogP contribution < -0.4 is 5.44 Å². The minimum atomic E-state index is -4.56. The lowest BCUT2D eigenvalue weighted by Gasteiger charge is -2.21. The maximum absolute atomic E-state index is 12.9. The SMILES string of the molecule is CC(C)(C)OC(=O)n1cccc1-c1cc(-c2cccc3ccccc23)c2nc(P(=O)(O)O)ccc2c1. The molecule has 0 bridgehead atoms. The van der Waals surface area contributed by atoms with E-state index in [-0.39, 0.29) is 5.44 Å². The Labute approximate surface area is 208 Å². The molecule has 0 atom stereocenters. The van der Waals surface area contributed by atoms with Crippen molar-refractivity contribution in [1.82, 2.24) is 9.55 Å². The van der Waals surface area contributed by atoms with Crippen LogP contribution in [0.5, 0.6) is 0 Å². The Morgan fingerprint density at radius 1 is 0.889 bits per heavy atom. The van der Waals surface area contributed by atoms with Gasteiger partial charge in [0.25, 0.3) is 0 Å². The molecule has 182 valence electrons. The highest BCUT2D eigenvalue weighted by Crippen LogP contribution is 2.39. The zero-order valence-electron chi connectivity index (χ0n) is 20.0. The van der Waals surface area contributed by atoms with Gasteiger partial charge in [-0.1, -0.05) is 48.5 Å². The summed E-state index contributed by atoms with van der Waals surface area (Å²) in [5.41, 5.74) is 2.46. The first-order chi connectivity index (χ1) is 17.0. The molecule has 0 amide bonds. The van der Waals surface area contributed by atoms with E-state index in [1.54, 1.807) is 18.3 Å². The largest absolute Gasteiger partial charge is 0.443 e. The summed E-state index contributed by atoms with van der Waals surface area (Å²) in [7, 11) is -4.56. The molecular weight excluding hydrogens is 475 g/mol. The maximum Gasteiger partial charge on any atom is 0.418 e. The van der Waals surface area contributed by atoms with Crippen LogP contribution in [0, 0.1) is 0 Å². The summed E-state index contributed by atoms with van der Waals surface area (Å²) in [6.45, 7) is 5.44. The molecule has 5 rings (SSSR count). The number of hydrogen-bond donors (Lipinski definition) is 2. The van der Waals surface area contributed by atoms with E-state index in [9.17, 15) is 19.1 Å². The van der Waals surface area contributed by atoms with Gasteiger partial charge in [-0.3, -0.25) is 9.13 Å². The molecule has 2 aromatic heterocycles. The van der Waals surface area contributed by atoms with Crippen molar-refractivity contribution in [3.05, 3.63) is 85.1 Å². The van der Waals surface area contributed by atoms with E-state index >= 15 is 0 Å². The molecule has 36 heavy (non-hydrogen) atoms. The van der Waals surface area contributed by atoms with Gasteiger partial charge in [0.1, 0.15) is 5.60 Å². The van der Waals surface area contributed by atoms with Gasteiger partial charge in [0.2, 0.25) is 0 Å². The molecule has 0 spiro atoms. The predicted molar refractivity (Wildman–Crippen MR) is 141 cm³/mol. The summed E-state index contributed by atoms with van der Waals surface area (Å²) in [6.07, 6.45) is 1.16. The standard InChI is InChI=1S/C28H25N2O5P/c1-28(2,3)35-27(31)30-15-7-12-24(30)20-16-19-13-14-25(36(32,33)34)29-26(19)23(17-20)22-11-6-9-18-8-4-5-10-21(18)22/h4-17H,1-3H3,(H2,32,33,34). The quantitative estimate of drug-likeness (QED) is 0.290. The Morgan fingerprint density at radius 2 is 1.64 bits per heavy atom. The summed E-state index contributed by atoms with van der Waals surface area (Å²) in [4.78, 5) is 36.8. The molecular formula is C28H25N2O5P.